The summed E-state index contributed by atoms with van der Waals surface area (Å²) in [4.78, 5) is 3.74. The van der Waals surface area contributed by atoms with Gasteiger partial charge in [0.25, 0.3) is 0 Å². The van der Waals surface area contributed by atoms with Crippen LogP contribution in [0.2, 0.25) is 5.02 Å². The van der Waals surface area contributed by atoms with Gasteiger partial charge in [0, 0.05) is 12.2 Å². The first-order chi connectivity index (χ1) is 12.3. The lowest BCUT2D eigenvalue weighted by molar-refractivity contribution is -0.880. The van der Waals surface area contributed by atoms with Gasteiger partial charge in [0.1, 0.15) is 10.7 Å². The van der Waals surface area contributed by atoms with Crippen molar-refractivity contribution in [2.75, 3.05) is 38.1 Å². The van der Waals surface area contributed by atoms with E-state index >= 15 is 0 Å². The number of nitrogens with one attached hydrogen (secondary N) is 2. The van der Waals surface area contributed by atoms with E-state index in [9.17, 15) is 12.8 Å². The summed E-state index contributed by atoms with van der Waals surface area (Å²) in [5.74, 6) is -0.574. The molecule has 0 amide bonds. The highest BCUT2D eigenvalue weighted by Gasteiger charge is 2.19. The molecule has 3 rings (SSSR count). The summed E-state index contributed by atoms with van der Waals surface area (Å²) in [5.41, 5.74) is 1.99. The van der Waals surface area contributed by atoms with Gasteiger partial charge in [0.15, 0.2) is 0 Å². The van der Waals surface area contributed by atoms with Gasteiger partial charge in [-0.1, -0.05) is 23.7 Å². The molecule has 1 aliphatic rings. The minimum Gasteiger partial charge on any atom is -0.360 e. The zero-order valence-electron chi connectivity index (χ0n) is 14.5. The van der Waals surface area contributed by atoms with Gasteiger partial charge in [-0.05, 0) is 35.9 Å². The van der Waals surface area contributed by atoms with Crippen LogP contribution in [0.3, 0.4) is 0 Å². The van der Waals surface area contributed by atoms with Crippen LogP contribution in [0.1, 0.15) is 5.56 Å². The number of hydrogen-bond donors (Lipinski definition) is 2. The van der Waals surface area contributed by atoms with E-state index in [0.717, 1.165) is 49.6 Å². The van der Waals surface area contributed by atoms with Crippen molar-refractivity contribution in [3.05, 3.63) is 58.9 Å². The van der Waals surface area contributed by atoms with Crippen LogP contribution >= 0.6 is 11.6 Å². The van der Waals surface area contributed by atoms with E-state index in [2.05, 4.69) is 16.7 Å². The van der Waals surface area contributed by atoms with E-state index in [-0.39, 0.29) is 16.5 Å². The van der Waals surface area contributed by atoms with Crippen molar-refractivity contribution >= 4 is 27.3 Å². The maximum atomic E-state index is 13.1. The van der Waals surface area contributed by atoms with Gasteiger partial charge in [-0.2, -0.15) is 0 Å². The van der Waals surface area contributed by atoms with Gasteiger partial charge < -0.3 is 9.80 Å². The number of piperazine rings is 1. The maximum absolute atomic E-state index is 13.1. The van der Waals surface area contributed by atoms with Gasteiger partial charge in [0.2, 0.25) is 10.0 Å². The number of rotatable bonds is 5. The highest BCUT2D eigenvalue weighted by atomic mass is 35.5. The number of halogens is 2. The third-order valence-corrected chi connectivity index (χ3v) is 6.45. The van der Waals surface area contributed by atoms with Gasteiger partial charge in [-0.25, -0.2) is 17.5 Å². The van der Waals surface area contributed by atoms with Crippen LogP contribution in [0.5, 0.6) is 0 Å². The van der Waals surface area contributed by atoms with Crippen LogP contribution in [-0.4, -0.2) is 41.6 Å². The number of nitrogens with zero attached hydrogens (tertiary/aromatic N) is 1. The molecule has 26 heavy (non-hydrogen) atoms. The standard InChI is InChI=1S/C18H21ClFN3O2S/c1-22-8-10-23(11-9-22)16-5-2-14(3-6-16)13-21-26(24,25)18-7-4-15(20)12-17(18)19/h2-7,12,21H,8-11,13H2,1H3/p+1. The summed E-state index contributed by atoms with van der Waals surface area (Å²) in [5, 5.41) is -0.134. The number of hydrogen-bond acceptors (Lipinski definition) is 3. The summed E-state index contributed by atoms with van der Waals surface area (Å²) in [6.07, 6.45) is 0. The third kappa shape index (κ3) is 4.54. The van der Waals surface area contributed by atoms with E-state index < -0.39 is 15.8 Å². The van der Waals surface area contributed by atoms with Crippen LogP contribution in [-0.2, 0) is 16.6 Å². The van der Waals surface area contributed by atoms with Crippen molar-refractivity contribution in [3.63, 3.8) is 0 Å². The first kappa shape index (κ1) is 19.1. The Labute approximate surface area is 158 Å². The van der Waals surface area contributed by atoms with Gasteiger partial charge in [-0.15, -0.1) is 0 Å². The molecule has 5 nitrogen and oxygen atoms in total. The normalized spacial score (nSPS) is 16.0. The first-order valence-corrected chi connectivity index (χ1v) is 10.3. The molecule has 0 saturated carbocycles. The Kier molecular flexibility index (Phi) is 5.82. The molecule has 140 valence electrons. The van der Waals surface area contributed by atoms with Crippen molar-refractivity contribution in [1.29, 1.82) is 0 Å². The molecule has 1 aliphatic heterocycles. The molecule has 0 aliphatic carbocycles. The number of benzene rings is 2. The van der Waals surface area contributed by atoms with Crippen LogP contribution in [0.15, 0.2) is 47.4 Å². The minimum atomic E-state index is -3.80. The second-order valence-electron chi connectivity index (χ2n) is 6.51. The molecule has 2 aromatic rings. The Bertz CT molecular complexity index is 867. The molecule has 1 fully saturated rings. The van der Waals surface area contributed by atoms with Crippen molar-refractivity contribution in [2.45, 2.75) is 11.4 Å². The fourth-order valence-electron chi connectivity index (χ4n) is 2.92. The van der Waals surface area contributed by atoms with Crippen LogP contribution in [0.25, 0.3) is 0 Å². The molecule has 0 bridgehead atoms. The Balaban J connectivity index is 1.64. The molecule has 8 heteroatoms. The van der Waals surface area contributed by atoms with E-state index in [1.165, 1.54) is 11.0 Å². The fraction of sp³-hybridized carbons (Fsp3) is 0.333. The maximum Gasteiger partial charge on any atom is 0.242 e. The first-order valence-electron chi connectivity index (χ1n) is 8.45. The molecule has 0 atom stereocenters. The SMILES string of the molecule is C[NH+]1CCN(c2ccc(CNS(=O)(=O)c3ccc(F)cc3Cl)cc2)CC1. The quantitative estimate of drug-likeness (QED) is 0.798. The highest BCUT2D eigenvalue weighted by Crippen LogP contribution is 2.22. The third-order valence-electron chi connectivity index (χ3n) is 4.57. The molecule has 2 aromatic carbocycles. The predicted octanol–water partition coefficient (Wildman–Crippen LogP) is 1.29. The lowest BCUT2D eigenvalue weighted by Gasteiger charge is -2.31. The number of likely N-dealkylation sites (N-methyl/N-ethyl adjacent to an activating group) is 1. The van der Waals surface area contributed by atoms with Crippen LogP contribution in [0.4, 0.5) is 10.1 Å². The summed E-state index contributed by atoms with van der Waals surface area (Å²) < 4.78 is 40.3. The molecule has 2 N–H and O–H groups in total. The van der Waals surface area contributed by atoms with Crippen molar-refractivity contribution < 1.29 is 17.7 Å². The van der Waals surface area contributed by atoms with E-state index in [0.29, 0.717) is 0 Å². The van der Waals surface area contributed by atoms with Crippen LogP contribution in [0, 0.1) is 5.82 Å². The largest absolute Gasteiger partial charge is 0.360 e. The van der Waals surface area contributed by atoms with Crippen molar-refractivity contribution in [2.24, 2.45) is 0 Å². The average Bonchev–Trinajstić information content (AvgIpc) is 2.61. The summed E-state index contributed by atoms with van der Waals surface area (Å²) >= 11 is 5.85. The Hall–Kier alpha value is -1.67. The van der Waals surface area contributed by atoms with Gasteiger partial charge in [-0.3, -0.25) is 0 Å². The number of sulfonamides is 1. The van der Waals surface area contributed by atoms with Crippen LogP contribution < -0.4 is 14.5 Å². The molecule has 0 unspecified atom stereocenters. The number of anilines is 1. The summed E-state index contributed by atoms with van der Waals surface area (Å²) in [6.45, 7) is 4.39. The van der Waals surface area contributed by atoms with E-state index in [4.69, 9.17) is 11.6 Å². The zero-order chi connectivity index (χ0) is 18.7. The molecular formula is C18H22ClFN3O2S+. The molecule has 0 spiro atoms. The average molecular weight is 399 g/mol. The second-order valence-corrected chi connectivity index (χ2v) is 8.65. The van der Waals surface area contributed by atoms with E-state index in [1.54, 1.807) is 0 Å². The van der Waals surface area contributed by atoms with Gasteiger partial charge in [0.05, 0.1) is 38.2 Å². The fourth-order valence-corrected chi connectivity index (χ4v) is 4.47. The van der Waals surface area contributed by atoms with E-state index in [1.807, 2.05) is 24.3 Å². The lowest BCUT2D eigenvalue weighted by Crippen LogP contribution is -3.12. The molecule has 1 heterocycles. The number of quaternary nitrogens is 1. The monoisotopic (exact) mass is 398 g/mol. The minimum absolute atomic E-state index is 0.128. The molecule has 1 saturated heterocycles. The Morgan fingerprint density at radius 1 is 1.15 bits per heavy atom. The summed E-state index contributed by atoms with van der Waals surface area (Å²) in [7, 11) is -1.61. The van der Waals surface area contributed by atoms with Crippen molar-refractivity contribution in [1.82, 2.24) is 4.72 Å². The molecular weight excluding hydrogens is 377 g/mol. The lowest BCUT2D eigenvalue weighted by atomic mass is 10.2. The predicted molar refractivity (Wildman–Crippen MR) is 101 cm³/mol. The zero-order valence-corrected chi connectivity index (χ0v) is 16.1. The highest BCUT2D eigenvalue weighted by molar-refractivity contribution is 7.89. The molecule has 0 aromatic heterocycles. The van der Waals surface area contributed by atoms with Crippen molar-refractivity contribution in [3.8, 4) is 0 Å². The Morgan fingerprint density at radius 2 is 1.81 bits per heavy atom. The smallest absolute Gasteiger partial charge is 0.242 e. The topological polar surface area (TPSA) is 53.9 Å². The second kappa shape index (κ2) is 7.92. The molecule has 0 radical (unpaired) electrons. The Morgan fingerprint density at radius 3 is 2.42 bits per heavy atom. The summed E-state index contributed by atoms with van der Waals surface area (Å²) in [6, 6.07) is 11.1. The van der Waals surface area contributed by atoms with Gasteiger partial charge >= 0.3 is 0 Å².